The molecule has 1 N–H and O–H groups in total. The van der Waals surface area contributed by atoms with Crippen molar-refractivity contribution in [1.82, 2.24) is 9.80 Å². The van der Waals surface area contributed by atoms with E-state index in [2.05, 4.69) is 5.32 Å². The molecule has 0 radical (unpaired) electrons. The van der Waals surface area contributed by atoms with Gasteiger partial charge in [0.1, 0.15) is 6.54 Å². The van der Waals surface area contributed by atoms with Gasteiger partial charge in [-0.1, -0.05) is 12.1 Å². The summed E-state index contributed by atoms with van der Waals surface area (Å²) in [6, 6.07) is 5.52. The largest absolute Gasteiger partial charge is 0.334 e. The molecule has 2 aliphatic rings. The second-order valence-corrected chi connectivity index (χ2v) is 6.66. The van der Waals surface area contributed by atoms with E-state index < -0.39 is 36.3 Å². The van der Waals surface area contributed by atoms with Crippen LogP contribution in [-0.4, -0.2) is 58.6 Å². The molecule has 2 saturated heterocycles. The first-order chi connectivity index (χ1) is 12.8. The number of urea groups is 1. The topological polar surface area (TPSA) is 107 Å². The summed E-state index contributed by atoms with van der Waals surface area (Å²) in [5, 5.41) is 2.63. The molecule has 9 heteroatoms. The highest BCUT2D eigenvalue weighted by Gasteiger charge is 2.46. The zero-order chi connectivity index (χ0) is 19.7. The van der Waals surface area contributed by atoms with Crippen molar-refractivity contribution >= 4 is 41.0 Å². The van der Waals surface area contributed by atoms with Crippen LogP contribution in [0.15, 0.2) is 24.3 Å². The highest BCUT2D eigenvalue weighted by molar-refractivity contribution is 6.45. The molecular formula is C18H20N4O5. The van der Waals surface area contributed by atoms with E-state index in [-0.39, 0.29) is 5.91 Å². The van der Waals surface area contributed by atoms with Gasteiger partial charge in [-0.05, 0) is 32.4 Å². The fourth-order valence-electron chi connectivity index (χ4n) is 3.17. The number of benzene rings is 1. The first-order valence-electron chi connectivity index (χ1n) is 8.69. The summed E-state index contributed by atoms with van der Waals surface area (Å²) in [6.45, 7) is 3.20. The zero-order valence-electron chi connectivity index (χ0n) is 15.1. The fraction of sp³-hybridized carbons (Fsp3) is 0.389. The third-order valence-corrected chi connectivity index (χ3v) is 4.44. The first-order valence-corrected chi connectivity index (χ1v) is 8.69. The minimum absolute atomic E-state index is 0.0280. The molecule has 0 aromatic heterocycles. The summed E-state index contributed by atoms with van der Waals surface area (Å²) in [7, 11) is 0. The SMILES string of the molecule is CC(C)N1C(=O)C(=O)N(CC(=O)Nc2ccccc2N2CCCC2=O)C1=O. The van der Waals surface area contributed by atoms with Crippen molar-refractivity contribution in [1.29, 1.82) is 0 Å². The number of carbonyl (C=O) groups excluding carboxylic acids is 5. The van der Waals surface area contributed by atoms with Gasteiger partial charge in [0.15, 0.2) is 0 Å². The van der Waals surface area contributed by atoms with Crippen molar-refractivity contribution in [2.75, 3.05) is 23.3 Å². The van der Waals surface area contributed by atoms with Crippen LogP contribution in [0.2, 0.25) is 0 Å². The summed E-state index contributed by atoms with van der Waals surface area (Å²) < 4.78 is 0. The molecule has 1 aromatic rings. The van der Waals surface area contributed by atoms with Crippen LogP contribution in [0, 0.1) is 0 Å². The molecule has 0 aliphatic carbocycles. The molecule has 0 unspecified atom stereocenters. The molecule has 2 fully saturated rings. The summed E-state index contributed by atoms with van der Waals surface area (Å²) in [5.74, 6) is -2.62. The van der Waals surface area contributed by atoms with E-state index in [1.54, 1.807) is 43.0 Å². The van der Waals surface area contributed by atoms with E-state index in [0.29, 0.717) is 29.2 Å². The average Bonchev–Trinajstić information content (AvgIpc) is 3.12. The number of amides is 6. The molecule has 2 aliphatic heterocycles. The quantitative estimate of drug-likeness (QED) is 0.612. The van der Waals surface area contributed by atoms with Crippen molar-refractivity contribution < 1.29 is 24.0 Å². The lowest BCUT2D eigenvalue weighted by Crippen LogP contribution is -2.40. The number of imide groups is 2. The summed E-state index contributed by atoms with van der Waals surface area (Å²) in [4.78, 5) is 63.6. The van der Waals surface area contributed by atoms with Gasteiger partial charge in [-0.2, -0.15) is 0 Å². The van der Waals surface area contributed by atoms with E-state index in [9.17, 15) is 24.0 Å². The van der Waals surface area contributed by atoms with Gasteiger partial charge in [0.05, 0.1) is 11.4 Å². The molecule has 0 atom stereocenters. The Bertz CT molecular complexity index is 835. The summed E-state index contributed by atoms with van der Waals surface area (Å²) in [6.07, 6.45) is 1.19. The Balaban J connectivity index is 1.74. The third kappa shape index (κ3) is 3.40. The minimum atomic E-state index is -1.02. The average molecular weight is 372 g/mol. The highest BCUT2D eigenvalue weighted by Crippen LogP contribution is 2.29. The number of carbonyl (C=O) groups is 5. The second-order valence-electron chi connectivity index (χ2n) is 6.66. The minimum Gasteiger partial charge on any atom is -0.323 e. The molecule has 1 aromatic carbocycles. The molecular weight excluding hydrogens is 352 g/mol. The molecule has 2 heterocycles. The number of hydrogen-bond donors (Lipinski definition) is 1. The van der Waals surface area contributed by atoms with Crippen LogP contribution < -0.4 is 10.2 Å². The van der Waals surface area contributed by atoms with Crippen molar-refractivity contribution in [3.63, 3.8) is 0 Å². The lowest BCUT2D eigenvalue weighted by atomic mass is 10.2. The smallest absolute Gasteiger partial charge is 0.323 e. The maximum Gasteiger partial charge on any atom is 0.334 e. The third-order valence-electron chi connectivity index (χ3n) is 4.44. The Labute approximate surface area is 155 Å². The van der Waals surface area contributed by atoms with Gasteiger partial charge in [0, 0.05) is 19.0 Å². The van der Waals surface area contributed by atoms with Crippen LogP contribution in [0.1, 0.15) is 26.7 Å². The maximum atomic E-state index is 12.4. The number of hydrogen-bond acceptors (Lipinski definition) is 5. The fourth-order valence-corrected chi connectivity index (χ4v) is 3.17. The van der Waals surface area contributed by atoms with Gasteiger partial charge < -0.3 is 10.2 Å². The van der Waals surface area contributed by atoms with Gasteiger partial charge in [0.25, 0.3) is 0 Å². The van der Waals surface area contributed by atoms with Crippen LogP contribution in [0.3, 0.4) is 0 Å². The Morgan fingerprint density at radius 1 is 1.11 bits per heavy atom. The van der Waals surface area contributed by atoms with Crippen molar-refractivity contribution in [3.05, 3.63) is 24.3 Å². The van der Waals surface area contributed by atoms with Gasteiger partial charge in [-0.3, -0.25) is 24.1 Å². The normalized spacial score (nSPS) is 17.5. The monoisotopic (exact) mass is 372 g/mol. The van der Waals surface area contributed by atoms with Crippen molar-refractivity contribution in [2.24, 2.45) is 0 Å². The van der Waals surface area contributed by atoms with Gasteiger partial charge in [-0.15, -0.1) is 0 Å². The first kappa shape index (κ1) is 18.6. The molecule has 0 spiro atoms. The van der Waals surface area contributed by atoms with E-state index >= 15 is 0 Å². The van der Waals surface area contributed by atoms with E-state index in [0.717, 1.165) is 11.3 Å². The summed E-state index contributed by atoms with van der Waals surface area (Å²) >= 11 is 0. The Kier molecular flexibility index (Phi) is 4.93. The van der Waals surface area contributed by atoms with Crippen molar-refractivity contribution in [2.45, 2.75) is 32.7 Å². The number of nitrogens with one attached hydrogen (secondary N) is 1. The van der Waals surface area contributed by atoms with E-state index in [1.807, 2.05) is 0 Å². The maximum absolute atomic E-state index is 12.4. The molecule has 142 valence electrons. The Morgan fingerprint density at radius 3 is 2.41 bits per heavy atom. The van der Waals surface area contributed by atoms with Gasteiger partial charge in [-0.25, -0.2) is 9.69 Å². The lowest BCUT2D eigenvalue weighted by molar-refractivity contribution is -0.144. The predicted octanol–water partition coefficient (Wildman–Crippen LogP) is 0.951. The van der Waals surface area contributed by atoms with Gasteiger partial charge >= 0.3 is 17.8 Å². The van der Waals surface area contributed by atoms with Crippen LogP contribution in [-0.2, 0) is 19.2 Å². The van der Waals surface area contributed by atoms with Crippen molar-refractivity contribution in [3.8, 4) is 0 Å². The predicted molar refractivity (Wildman–Crippen MR) is 95.7 cm³/mol. The number of anilines is 2. The molecule has 9 nitrogen and oxygen atoms in total. The molecule has 3 rings (SSSR count). The van der Waals surface area contributed by atoms with E-state index in [1.165, 1.54) is 0 Å². The molecule has 0 saturated carbocycles. The second kappa shape index (κ2) is 7.18. The standard InChI is InChI=1S/C18H20N4O5/c1-11(2)22-17(26)16(25)21(18(22)27)10-14(23)19-12-6-3-4-7-13(12)20-9-5-8-15(20)24/h3-4,6-7,11H,5,8-10H2,1-2H3,(H,19,23). The summed E-state index contributed by atoms with van der Waals surface area (Å²) in [5.41, 5.74) is 0.969. The number of para-hydroxylation sites is 2. The van der Waals surface area contributed by atoms with Crippen LogP contribution in [0.4, 0.5) is 16.2 Å². The highest BCUT2D eigenvalue weighted by atomic mass is 16.2. The van der Waals surface area contributed by atoms with Gasteiger partial charge in [0.2, 0.25) is 11.8 Å². The Morgan fingerprint density at radius 2 is 1.81 bits per heavy atom. The van der Waals surface area contributed by atoms with Crippen LogP contribution >= 0.6 is 0 Å². The molecule has 6 amide bonds. The molecule has 27 heavy (non-hydrogen) atoms. The molecule has 0 bridgehead atoms. The van der Waals surface area contributed by atoms with E-state index in [4.69, 9.17) is 0 Å². The lowest BCUT2D eigenvalue weighted by Gasteiger charge is -2.21. The van der Waals surface area contributed by atoms with Crippen LogP contribution in [0.5, 0.6) is 0 Å². The number of rotatable bonds is 5. The van der Waals surface area contributed by atoms with Crippen LogP contribution in [0.25, 0.3) is 0 Å². The Hall–Kier alpha value is -3.23. The number of nitrogens with zero attached hydrogens (tertiary/aromatic N) is 3. The zero-order valence-corrected chi connectivity index (χ0v) is 15.1.